The molecule has 6 aromatic rings. The van der Waals surface area contributed by atoms with Crippen LogP contribution in [0.5, 0.6) is 0 Å². The van der Waals surface area contributed by atoms with Crippen molar-refractivity contribution >= 4 is 69.4 Å². The van der Waals surface area contributed by atoms with Crippen molar-refractivity contribution in [3.8, 4) is 16.9 Å². The van der Waals surface area contributed by atoms with Crippen LogP contribution < -0.4 is 26.2 Å². The summed E-state index contributed by atoms with van der Waals surface area (Å²) in [5.41, 5.74) is 19.5. The highest BCUT2D eigenvalue weighted by Gasteiger charge is 2.62. The summed E-state index contributed by atoms with van der Waals surface area (Å²) in [5.74, 6) is 0. The maximum absolute atomic E-state index is 5.54. The van der Waals surface area contributed by atoms with Crippen LogP contribution in [0.1, 0.15) is 117 Å². The van der Waals surface area contributed by atoms with E-state index in [0.717, 1.165) is 4.90 Å². The Morgan fingerprint density at radius 1 is 0.614 bits per heavy atom. The molecule has 5 heterocycles. The van der Waals surface area contributed by atoms with Gasteiger partial charge in [0.25, 0.3) is 6.71 Å². The van der Waals surface area contributed by atoms with Gasteiger partial charge in [-0.3, -0.25) is 0 Å². The minimum atomic E-state index is -0.0432. The molecule has 5 heteroatoms. The molecule has 0 amide bonds. The average molecular weight is 764 g/mol. The molecule has 0 bridgehead atoms. The van der Waals surface area contributed by atoms with Crippen molar-refractivity contribution < 1.29 is 0 Å². The van der Waals surface area contributed by atoms with Gasteiger partial charge in [-0.15, -0.1) is 12.6 Å². The highest BCUT2D eigenvalue weighted by molar-refractivity contribution is 7.80. The van der Waals surface area contributed by atoms with Crippen LogP contribution in [0.3, 0.4) is 0 Å². The molecule has 286 valence electrons. The lowest BCUT2D eigenvalue weighted by atomic mass is 9.33. The van der Waals surface area contributed by atoms with E-state index < -0.39 is 0 Å². The monoisotopic (exact) mass is 763 g/mol. The second-order valence-electron chi connectivity index (χ2n) is 20.5. The van der Waals surface area contributed by atoms with Crippen molar-refractivity contribution in [3.63, 3.8) is 0 Å². The van der Waals surface area contributed by atoms with Gasteiger partial charge in [0, 0.05) is 55.1 Å². The Kier molecular flexibility index (Phi) is 6.71. The van der Waals surface area contributed by atoms with E-state index in [0.29, 0.717) is 0 Å². The van der Waals surface area contributed by atoms with E-state index in [2.05, 4.69) is 160 Å². The first-order valence-corrected chi connectivity index (χ1v) is 22.3. The third-order valence-electron chi connectivity index (χ3n) is 16.9. The third-order valence-corrected chi connectivity index (χ3v) is 17.4. The van der Waals surface area contributed by atoms with Crippen molar-refractivity contribution in [2.24, 2.45) is 0 Å². The van der Waals surface area contributed by atoms with Gasteiger partial charge >= 0.3 is 0 Å². The molecular weight excluding hydrogens is 709 g/mol. The summed E-state index contributed by atoms with van der Waals surface area (Å²) >= 11 is 5.54. The third kappa shape index (κ3) is 3.99. The van der Waals surface area contributed by atoms with Crippen LogP contribution in [0.15, 0.2) is 102 Å². The van der Waals surface area contributed by atoms with Crippen LogP contribution in [0.2, 0.25) is 0 Å². The van der Waals surface area contributed by atoms with Gasteiger partial charge < -0.3 is 14.4 Å². The second kappa shape index (κ2) is 11.0. The molecular formula is C52H54BN3S. The first-order valence-electron chi connectivity index (χ1n) is 21.8. The molecule has 5 aromatic carbocycles. The van der Waals surface area contributed by atoms with Gasteiger partial charge in [0.1, 0.15) is 0 Å². The fourth-order valence-electron chi connectivity index (χ4n) is 13.6. The predicted octanol–water partition coefficient (Wildman–Crippen LogP) is 11.5. The van der Waals surface area contributed by atoms with Crippen LogP contribution in [0, 0.1) is 0 Å². The number of rotatable bonds is 2. The molecule has 4 aliphatic heterocycles. The first-order chi connectivity index (χ1) is 27.3. The van der Waals surface area contributed by atoms with Crippen LogP contribution in [0.25, 0.3) is 27.8 Å². The number of benzene rings is 5. The second-order valence-corrected chi connectivity index (χ2v) is 20.9. The number of nitrogens with zero attached hydrogens (tertiary/aromatic N) is 3. The molecule has 2 saturated carbocycles. The summed E-state index contributed by atoms with van der Waals surface area (Å²) < 4.78 is 2.66. The van der Waals surface area contributed by atoms with Crippen molar-refractivity contribution in [3.05, 3.63) is 114 Å². The van der Waals surface area contributed by atoms with Crippen LogP contribution in [-0.4, -0.2) is 22.4 Å². The standard InChI is InChI=1S/C52H54BN3S/c1-48(2,3)33-28-35-45-39(29-33)53-38-22-17-21-37-46(38)56(52(7)27-16-14-25-50(37,52)5)42-31-34(30-41(43(42)53)54(45)44(47(35)57)32-18-9-8-10-19-32)55-40-23-12-11-20-36(40)49(4)24-13-15-26-51(49,55)6/h8-12,17-23,28-31,57H,13-16,24-27H2,1-7H3. The van der Waals surface area contributed by atoms with Gasteiger partial charge in [-0.1, -0.05) is 133 Å². The molecule has 3 nitrogen and oxygen atoms in total. The highest BCUT2D eigenvalue weighted by atomic mass is 32.1. The number of fused-ring (bicyclic) bond motifs is 10. The molecule has 0 spiro atoms. The number of anilines is 4. The van der Waals surface area contributed by atoms with Crippen LogP contribution in [0.4, 0.5) is 22.7 Å². The van der Waals surface area contributed by atoms with Gasteiger partial charge in [0.2, 0.25) is 0 Å². The van der Waals surface area contributed by atoms with E-state index in [9.17, 15) is 0 Å². The quantitative estimate of drug-likeness (QED) is 0.139. The molecule has 0 N–H and O–H groups in total. The van der Waals surface area contributed by atoms with Crippen molar-refractivity contribution in [2.45, 2.75) is 132 Å². The molecule has 2 fully saturated rings. The number of aromatic nitrogens is 1. The summed E-state index contributed by atoms with van der Waals surface area (Å²) in [5, 5.41) is 1.26. The number of para-hydroxylation sites is 2. The van der Waals surface area contributed by atoms with E-state index in [-0.39, 0.29) is 34.0 Å². The summed E-state index contributed by atoms with van der Waals surface area (Å²) in [7, 11) is 0. The number of hydrogen-bond donors (Lipinski definition) is 1. The lowest BCUT2D eigenvalue weighted by Gasteiger charge is -2.53. The Hall–Kier alpha value is -4.35. The average Bonchev–Trinajstić information content (AvgIpc) is 3.70. The van der Waals surface area contributed by atoms with Crippen molar-refractivity contribution in [1.82, 2.24) is 4.57 Å². The molecule has 0 saturated heterocycles. The minimum Gasteiger partial charge on any atom is -0.335 e. The maximum Gasteiger partial charge on any atom is 0.252 e. The Morgan fingerprint density at radius 2 is 1.25 bits per heavy atom. The first kappa shape index (κ1) is 34.7. The molecule has 4 atom stereocenters. The van der Waals surface area contributed by atoms with Crippen LogP contribution in [-0.2, 0) is 16.2 Å². The maximum atomic E-state index is 5.54. The van der Waals surface area contributed by atoms with E-state index in [1.54, 1.807) is 5.56 Å². The predicted molar refractivity (Wildman–Crippen MR) is 245 cm³/mol. The summed E-state index contributed by atoms with van der Waals surface area (Å²) in [6, 6.07) is 38.2. The largest absolute Gasteiger partial charge is 0.335 e. The summed E-state index contributed by atoms with van der Waals surface area (Å²) in [4.78, 5) is 6.79. The van der Waals surface area contributed by atoms with Crippen molar-refractivity contribution in [2.75, 3.05) is 9.80 Å². The smallest absolute Gasteiger partial charge is 0.252 e. The molecule has 0 radical (unpaired) electrons. The molecule has 12 rings (SSSR count). The van der Waals surface area contributed by atoms with Crippen LogP contribution >= 0.6 is 12.6 Å². The zero-order valence-corrected chi connectivity index (χ0v) is 35.7. The Bertz CT molecular complexity index is 2740. The Morgan fingerprint density at radius 3 is 1.98 bits per heavy atom. The van der Waals surface area contributed by atoms with E-state index in [1.165, 1.54) is 129 Å². The van der Waals surface area contributed by atoms with Gasteiger partial charge in [0.15, 0.2) is 0 Å². The fourth-order valence-corrected chi connectivity index (χ4v) is 14.0. The molecule has 4 unspecified atom stereocenters. The van der Waals surface area contributed by atoms with E-state index in [4.69, 9.17) is 12.6 Å². The number of hydrogen-bond acceptors (Lipinski definition) is 3. The summed E-state index contributed by atoms with van der Waals surface area (Å²) in [6.45, 7) is 17.6. The van der Waals surface area contributed by atoms with Gasteiger partial charge in [-0.2, -0.15) is 0 Å². The van der Waals surface area contributed by atoms with Gasteiger partial charge in [-0.25, -0.2) is 0 Å². The van der Waals surface area contributed by atoms with E-state index in [1.807, 2.05) is 0 Å². The zero-order valence-electron chi connectivity index (χ0n) is 34.8. The van der Waals surface area contributed by atoms with E-state index >= 15 is 0 Å². The number of thiol groups is 1. The van der Waals surface area contributed by atoms with Crippen molar-refractivity contribution in [1.29, 1.82) is 0 Å². The topological polar surface area (TPSA) is 11.4 Å². The minimum absolute atomic E-state index is 0.0205. The SMILES string of the molecule is CC(C)(C)c1cc2c3c(c1)c(S)c(-c1ccccc1)n3-c1cc(N3c4ccccc4C4(C)CCCCC34C)cc3c1B2c1cccc2c1N3C1(C)CCCCC21C. The normalized spacial score (nSPS) is 27.6. The Labute approximate surface area is 345 Å². The van der Waals surface area contributed by atoms with Gasteiger partial charge in [0.05, 0.1) is 16.8 Å². The lowest BCUT2D eigenvalue weighted by Crippen LogP contribution is -2.64. The highest BCUT2D eigenvalue weighted by Crippen LogP contribution is 2.64. The molecule has 1 aromatic heterocycles. The Balaban J connectivity index is 1.26. The molecule has 57 heavy (non-hydrogen) atoms. The zero-order chi connectivity index (χ0) is 39.0. The summed E-state index contributed by atoms with van der Waals surface area (Å²) in [6.07, 6.45) is 9.93. The fraction of sp³-hybridized carbons (Fsp3) is 0.385. The molecule has 6 aliphatic rings. The molecule has 2 aliphatic carbocycles. The lowest BCUT2D eigenvalue weighted by molar-refractivity contribution is 0.194. The van der Waals surface area contributed by atoms with Gasteiger partial charge in [-0.05, 0) is 108 Å².